The topological polar surface area (TPSA) is 361 Å². The molecule has 22 nitrogen and oxygen atoms in total. The number of benzene rings is 3. The molecule has 0 saturated carbocycles. The molecule has 3 aromatic carbocycles. The quantitative estimate of drug-likeness (QED) is 0.0183. The number of thiocarbonyl (C=S) groups is 1. The first kappa shape index (κ1) is 54.2. The van der Waals surface area contributed by atoms with Crippen molar-refractivity contribution in [2.24, 2.45) is 10.7 Å². The van der Waals surface area contributed by atoms with Gasteiger partial charge in [0.15, 0.2) is 12.1 Å². The molecule has 0 unspecified atom stereocenters. The Balaban J connectivity index is 1.12. The van der Waals surface area contributed by atoms with Gasteiger partial charge in [0.1, 0.15) is 28.6 Å². The van der Waals surface area contributed by atoms with Crippen LogP contribution in [-0.2, 0) is 31.6 Å². The smallest absolute Gasteiger partial charge is 0.369 e. The summed E-state index contributed by atoms with van der Waals surface area (Å²) < 4.78 is 46.7. The Morgan fingerprint density at radius 3 is 2.38 bits per heavy atom. The maximum Gasteiger partial charge on any atom is 0.369 e. The van der Waals surface area contributed by atoms with Crippen molar-refractivity contribution in [3.63, 3.8) is 0 Å². The van der Waals surface area contributed by atoms with Crippen LogP contribution in [0.2, 0.25) is 0 Å². The Labute approximate surface area is 402 Å². The van der Waals surface area contributed by atoms with E-state index in [2.05, 4.69) is 10.3 Å². The van der Waals surface area contributed by atoms with E-state index in [1.165, 1.54) is 25.3 Å². The van der Waals surface area contributed by atoms with Gasteiger partial charge in [0.05, 0.1) is 67.6 Å². The molecule has 1 saturated heterocycles. The first-order valence-electron chi connectivity index (χ1n) is 21.8. The zero-order valence-corrected chi connectivity index (χ0v) is 40.5. The molecule has 0 bridgehead atoms. The Kier molecular flexibility index (Phi) is 17.1. The standard InChI is InChI=1S/C44H58N4O18P2S/c1-23-38(50)29(45)16-33(65-23)66-31-18-43(55,17-28-35(31)42(54)37-36(40(28)52)39(51)27-9-5-10-30(63-3)34(27)41(37)53)32(22-49)47-21-26(69)20-46-19-24-7-4-8-25(15-24)64-14-6-12-48(2)13-11-44(56,67(57,58)59)68(60,61)62/h4-5,7-10,15,23,29,31,33,38,46,49-50,52,54-56H,6,11-14,16-22,45H2,1-3H3,(H2,57,58,59)(H2,60,61,62)/t23-,29-,31-,33-,38+,43-/m0/s1. The van der Waals surface area contributed by atoms with E-state index in [0.29, 0.717) is 30.1 Å². The summed E-state index contributed by atoms with van der Waals surface area (Å²) in [6, 6.07) is 10.7. The number of hydrogen-bond donors (Lipinski definition) is 12. The number of aliphatic imine (C=N–C) groups is 1. The van der Waals surface area contributed by atoms with Crippen molar-refractivity contribution in [1.29, 1.82) is 0 Å². The van der Waals surface area contributed by atoms with E-state index in [9.17, 15) is 68.9 Å². The minimum atomic E-state index is -5.55. The third-order valence-corrected chi connectivity index (χ3v) is 16.7. The molecular formula is C44H58N4O18P2S. The van der Waals surface area contributed by atoms with Crippen molar-refractivity contribution in [2.75, 3.05) is 53.6 Å². The van der Waals surface area contributed by atoms with Gasteiger partial charge >= 0.3 is 15.2 Å². The molecule has 13 N–H and O–H groups in total. The summed E-state index contributed by atoms with van der Waals surface area (Å²) in [4.78, 5) is 71.9. The molecule has 1 fully saturated rings. The Morgan fingerprint density at radius 1 is 1.04 bits per heavy atom. The number of aliphatic hydroxyl groups is 4. The second-order valence-corrected chi connectivity index (χ2v) is 22.0. The van der Waals surface area contributed by atoms with Gasteiger partial charge in [-0.2, -0.15) is 0 Å². The van der Waals surface area contributed by atoms with Gasteiger partial charge in [-0.1, -0.05) is 36.5 Å². The maximum absolute atomic E-state index is 14.1. The number of ether oxygens (including phenoxy) is 4. The van der Waals surface area contributed by atoms with Crippen molar-refractivity contribution >= 4 is 49.6 Å². The van der Waals surface area contributed by atoms with Gasteiger partial charge in [0, 0.05) is 79.5 Å². The Bertz CT molecular complexity index is 2540. The lowest BCUT2D eigenvalue weighted by molar-refractivity contribution is -0.245. The highest BCUT2D eigenvalue weighted by atomic mass is 32.1. The van der Waals surface area contributed by atoms with Gasteiger partial charge < -0.3 is 85.1 Å². The van der Waals surface area contributed by atoms with Gasteiger partial charge in [-0.15, -0.1) is 0 Å². The number of phenolic OH excluding ortho intramolecular Hbond substituents is 2. The van der Waals surface area contributed by atoms with Gasteiger partial charge in [-0.25, -0.2) is 0 Å². The zero-order valence-electron chi connectivity index (χ0n) is 37.9. The SMILES string of the molecule is COc1cccc2c1C(=O)c1c(O)c3c(c(O)c1C2=O)C[C@@](O)(C(CO)=NCC(=S)CNCc1cccc(OCCCN(C)CCC(O)(P(=O)(O)O)P(=O)(O)O)c1)C[C@@H]3O[C@H]1C[C@H](N)[C@H](O)[C@H](C)O1. The number of aliphatic hydroxyl groups excluding tert-OH is 2. The second kappa shape index (κ2) is 21.7. The van der Waals surface area contributed by atoms with E-state index in [4.69, 9.17) is 36.9 Å². The fraction of sp³-hybridized carbons (Fsp3) is 0.500. The number of aromatic hydroxyl groups is 2. The summed E-state index contributed by atoms with van der Waals surface area (Å²) in [6.45, 7) is 1.50. The second-order valence-electron chi connectivity index (χ2n) is 17.4. The lowest BCUT2D eigenvalue weighted by atomic mass is 9.71. The minimum absolute atomic E-state index is 0.0129. The highest BCUT2D eigenvalue weighted by Gasteiger charge is 2.59. The van der Waals surface area contributed by atoms with Crippen LogP contribution in [0.15, 0.2) is 47.5 Å². The lowest BCUT2D eigenvalue weighted by Crippen LogP contribution is -2.53. The number of methoxy groups -OCH3 is 1. The predicted octanol–water partition coefficient (Wildman–Crippen LogP) is 1.13. The molecule has 3 aromatic rings. The Morgan fingerprint density at radius 2 is 1.72 bits per heavy atom. The van der Waals surface area contributed by atoms with E-state index in [1.54, 1.807) is 37.1 Å². The van der Waals surface area contributed by atoms with Crippen LogP contribution in [0, 0.1) is 0 Å². The summed E-state index contributed by atoms with van der Waals surface area (Å²) in [5.74, 6) is -2.31. The summed E-state index contributed by atoms with van der Waals surface area (Å²) in [6.07, 6.45) is -5.57. The first-order valence-corrected chi connectivity index (χ1v) is 25.4. The minimum Gasteiger partial charge on any atom is -0.507 e. The lowest BCUT2D eigenvalue weighted by Gasteiger charge is -2.43. The number of carbonyl (C=O) groups excluding carboxylic acids is 2. The van der Waals surface area contributed by atoms with Crippen LogP contribution in [0.4, 0.5) is 0 Å². The number of nitrogens with two attached hydrogens (primary N) is 1. The maximum atomic E-state index is 14.1. The van der Waals surface area contributed by atoms with Crippen LogP contribution < -0.4 is 20.5 Å². The summed E-state index contributed by atoms with van der Waals surface area (Å²) in [7, 11) is -8.22. The molecule has 3 aliphatic rings. The zero-order chi connectivity index (χ0) is 50.8. The molecule has 6 atom stereocenters. The molecule has 69 heavy (non-hydrogen) atoms. The van der Waals surface area contributed by atoms with Crippen LogP contribution in [0.25, 0.3) is 0 Å². The summed E-state index contributed by atoms with van der Waals surface area (Å²) in [5.41, 5.74) is 3.41. The molecule has 0 amide bonds. The van der Waals surface area contributed by atoms with Gasteiger partial charge in [0.25, 0.3) is 5.08 Å². The van der Waals surface area contributed by atoms with Gasteiger partial charge in [0.2, 0.25) is 5.78 Å². The highest BCUT2D eigenvalue weighted by Crippen LogP contribution is 2.69. The van der Waals surface area contributed by atoms with E-state index in [0.717, 1.165) is 5.56 Å². The van der Waals surface area contributed by atoms with E-state index >= 15 is 0 Å². The summed E-state index contributed by atoms with van der Waals surface area (Å²) in [5, 5.41) is 67.2. The average molecular weight is 1020 g/mol. The molecule has 0 radical (unpaired) electrons. The third kappa shape index (κ3) is 11.5. The molecule has 2 aliphatic carbocycles. The molecule has 1 heterocycles. The van der Waals surface area contributed by atoms with Gasteiger partial charge in [-0.3, -0.25) is 23.7 Å². The van der Waals surface area contributed by atoms with Crippen LogP contribution in [0.3, 0.4) is 0 Å². The number of rotatable bonds is 21. The number of fused-ring (bicyclic) bond motifs is 3. The van der Waals surface area contributed by atoms with E-state index < -0.39 is 110 Å². The van der Waals surface area contributed by atoms with Crippen molar-refractivity contribution in [3.8, 4) is 23.0 Å². The van der Waals surface area contributed by atoms with Crippen molar-refractivity contribution in [1.82, 2.24) is 10.2 Å². The van der Waals surface area contributed by atoms with Crippen molar-refractivity contribution in [2.45, 2.75) is 86.9 Å². The summed E-state index contributed by atoms with van der Waals surface area (Å²) >= 11 is 5.59. The molecule has 6 rings (SSSR count). The average Bonchev–Trinajstić information content (AvgIpc) is 3.28. The molecule has 25 heteroatoms. The number of ketones is 2. The molecular weight excluding hydrogens is 967 g/mol. The molecule has 0 spiro atoms. The van der Waals surface area contributed by atoms with E-state index in [-0.39, 0.29) is 72.8 Å². The van der Waals surface area contributed by atoms with Crippen LogP contribution in [-0.4, -0.2) is 166 Å². The number of hydrogen-bond acceptors (Lipinski definition) is 19. The number of carbonyl (C=O) groups is 2. The number of phenols is 2. The monoisotopic (exact) mass is 1020 g/mol. The van der Waals surface area contributed by atoms with Crippen molar-refractivity contribution in [3.05, 3.63) is 81.4 Å². The van der Waals surface area contributed by atoms with E-state index in [1.807, 2.05) is 6.07 Å². The number of nitrogens with zero attached hydrogens (tertiary/aromatic N) is 2. The third-order valence-electron chi connectivity index (χ3n) is 12.5. The number of nitrogens with one attached hydrogen (secondary N) is 1. The predicted molar refractivity (Wildman–Crippen MR) is 251 cm³/mol. The molecule has 1 aliphatic heterocycles. The largest absolute Gasteiger partial charge is 0.507 e. The fourth-order valence-electron chi connectivity index (χ4n) is 8.72. The van der Waals surface area contributed by atoms with Crippen LogP contribution in [0.1, 0.15) is 87.2 Å². The highest BCUT2D eigenvalue weighted by molar-refractivity contribution is 7.80. The first-order chi connectivity index (χ1) is 32.3. The van der Waals surface area contributed by atoms with Gasteiger partial charge in [-0.05, 0) is 44.2 Å². The fourth-order valence-corrected chi connectivity index (χ4v) is 11.0. The van der Waals surface area contributed by atoms with Crippen LogP contribution in [0.5, 0.6) is 23.0 Å². The molecule has 0 aromatic heterocycles. The normalized spacial score (nSPS) is 23.1. The molecule has 378 valence electrons. The van der Waals surface area contributed by atoms with Crippen molar-refractivity contribution < 1.29 is 87.9 Å². The Hall–Kier alpha value is -4.10. The van der Waals surface area contributed by atoms with Crippen LogP contribution >= 0.6 is 27.4 Å².